The standard InChI is InChI=1S/C13H13NOS/c1-8-6-12(16-10(8)3)13(15)11-5-4-9(2)14-7-11/h4-7H,1-3H3. The average molecular weight is 231 g/mol. The van der Waals surface area contributed by atoms with Crippen LogP contribution in [0, 0.1) is 20.8 Å². The first-order valence-electron chi connectivity index (χ1n) is 5.12. The highest BCUT2D eigenvalue weighted by Crippen LogP contribution is 2.23. The molecule has 0 aliphatic carbocycles. The number of ketones is 1. The van der Waals surface area contributed by atoms with Gasteiger partial charge in [-0.3, -0.25) is 9.78 Å². The van der Waals surface area contributed by atoms with Crippen LogP contribution in [0.25, 0.3) is 0 Å². The van der Waals surface area contributed by atoms with Gasteiger partial charge in [-0.2, -0.15) is 0 Å². The van der Waals surface area contributed by atoms with Crippen molar-refractivity contribution in [3.05, 3.63) is 51.0 Å². The summed E-state index contributed by atoms with van der Waals surface area (Å²) in [6.45, 7) is 5.97. The summed E-state index contributed by atoms with van der Waals surface area (Å²) in [5.74, 6) is 0.0636. The van der Waals surface area contributed by atoms with Crippen LogP contribution < -0.4 is 0 Å². The van der Waals surface area contributed by atoms with Crippen LogP contribution in [0.3, 0.4) is 0 Å². The van der Waals surface area contributed by atoms with Gasteiger partial charge in [0.2, 0.25) is 5.78 Å². The Labute approximate surface area is 99.0 Å². The number of rotatable bonds is 2. The van der Waals surface area contributed by atoms with Gasteiger partial charge in [0.1, 0.15) is 0 Å². The van der Waals surface area contributed by atoms with Gasteiger partial charge in [-0.15, -0.1) is 11.3 Å². The van der Waals surface area contributed by atoms with E-state index >= 15 is 0 Å². The van der Waals surface area contributed by atoms with Gasteiger partial charge in [0, 0.05) is 22.3 Å². The van der Waals surface area contributed by atoms with Gasteiger partial charge < -0.3 is 0 Å². The van der Waals surface area contributed by atoms with Crippen LogP contribution in [0.1, 0.15) is 31.4 Å². The second-order valence-corrected chi connectivity index (χ2v) is 5.12. The lowest BCUT2D eigenvalue weighted by molar-refractivity contribution is 0.104. The summed E-state index contributed by atoms with van der Waals surface area (Å²) in [5, 5.41) is 0. The Morgan fingerprint density at radius 3 is 2.50 bits per heavy atom. The van der Waals surface area contributed by atoms with E-state index in [-0.39, 0.29) is 5.78 Å². The molecular weight excluding hydrogens is 218 g/mol. The molecule has 2 rings (SSSR count). The summed E-state index contributed by atoms with van der Waals surface area (Å²) in [5.41, 5.74) is 2.76. The van der Waals surface area contributed by atoms with E-state index in [1.165, 1.54) is 10.4 Å². The van der Waals surface area contributed by atoms with Crippen molar-refractivity contribution < 1.29 is 4.79 Å². The first kappa shape index (κ1) is 11.0. The minimum Gasteiger partial charge on any atom is -0.288 e. The predicted octanol–water partition coefficient (Wildman–Crippen LogP) is 3.30. The van der Waals surface area contributed by atoms with Crippen molar-refractivity contribution >= 4 is 17.1 Å². The fraction of sp³-hybridized carbons (Fsp3) is 0.231. The number of carbonyl (C=O) groups is 1. The maximum absolute atomic E-state index is 12.1. The monoisotopic (exact) mass is 231 g/mol. The predicted molar refractivity (Wildman–Crippen MR) is 66.2 cm³/mol. The molecule has 0 radical (unpaired) electrons. The molecule has 0 aromatic carbocycles. The van der Waals surface area contributed by atoms with Gasteiger partial charge in [-0.25, -0.2) is 0 Å². The van der Waals surface area contributed by atoms with E-state index in [9.17, 15) is 4.79 Å². The lowest BCUT2D eigenvalue weighted by atomic mass is 10.1. The highest BCUT2D eigenvalue weighted by Gasteiger charge is 2.12. The molecule has 2 heterocycles. The van der Waals surface area contributed by atoms with Crippen molar-refractivity contribution in [1.82, 2.24) is 4.98 Å². The molecule has 82 valence electrons. The Kier molecular flexibility index (Phi) is 2.88. The van der Waals surface area contributed by atoms with Gasteiger partial charge in [-0.1, -0.05) is 0 Å². The van der Waals surface area contributed by atoms with Crippen LogP contribution in [0.2, 0.25) is 0 Å². The number of thiophene rings is 1. The van der Waals surface area contributed by atoms with E-state index in [1.54, 1.807) is 17.5 Å². The molecule has 16 heavy (non-hydrogen) atoms. The van der Waals surface area contributed by atoms with Crippen LogP contribution in [0.4, 0.5) is 0 Å². The molecule has 0 aliphatic heterocycles. The lowest BCUT2D eigenvalue weighted by Gasteiger charge is -1.97. The molecule has 0 N–H and O–H groups in total. The first-order chi connectivity index (χ1) is 7.58. The van der Waals surface area contributed by atoms with E-state index in [2.05, 4.69) is 4.98 Å². The number of pyridine rings is 1. The van der Waals surface area contributed by atoms with Crippen LogP contribution in [-0.2, 0) is 0 Å². The Morgan fingerprint density at radius 1 is 1.25 bits per heavy atom. The fourth-order valence-electron chi connectivity index (χ4n) is 1.43. The zero-order valence-corrected chi connectivity index (χ0v) is 10.4. The van der Waals surface area contributed by atoms with Crippen LogP contribution >= 0.6 is 11.3 Å². The Hall–Kier alpha value is -1.48. The van der Waals surface area contributed by atoms with Gasteiger partial charge in [0.15, 0.2) is 0 Å². The lowest BCUT2D eigenvalue weighted by Crippen LogP contribution is -1.99. The van der Waals surface area contributed by atoms with E-state index in [4.69, 9.17) is 0 Å². The van der Waals surface area contributed by atoms with Crippen molar-refractivity contribution in [2.75, 3.05) is 0 Å². The van der Waals surface area contributed by atoms with Crippen molar-refractivity contribution in [3.63, 3.8) is 0 Å². The highest BCUT2D eigenvalue weighted by molar-refractivity contribution is 7.14. The molecule has 0 unspecified atom stereocenters. The van der Waals surface area contributed by atoms with Crippen molar-refractivity contribution in [3.8, 4) is 0 Å². The molecule has 2 nitrogen and oxygen atoms in total. The zero-order chi connectivity index (χ0) is 11.7. The summed E-state index contributed by atoms with van der Waals surface area (Å²) in [6, 6.07) is 5.64. The normalized spacial score (nSPS) is 10.4. The molecule has 2 aromatic heterocycles. The molecule has 0 amide bonds. The fourth-order valence-corrected chi connectivity index (χ4v) is 2.43. The molecule has 0 spiro atoms. The van der Waals surface area contributed by atoms with Crippen LogP contribution in [0.15, 0.2) is 24.4 Å². The molecule has 0 atom stereocenters. The Bertz CT molecular complexity index is 506. The van der Waals surface area contributed by atoms with E-state index < -0.39 is 0 Å². The van der Waals surface area contributed by atoms with Crippen molar-refractivity contribution in [1.29, 1.82) is 0 Å². The summed E-state index contributed by atoms with van der Waals surface area (Å²) < 4.78 is 0. The molecule has 0 saturated heterocycles. The number of hydrogen-bond donors (Lipinski definition) is 0. The van der Waals surface area contributed by atoms with Crippen molar-refractivity contribution in [2.24, 2.45) is 0 Å². The molecule has 0 aliphatic rings. The number of nitrogens with zero attached hydrogens (tertiary/aromatic N) is 1. The summed E-state index contributed by atoms with van der Waals surface area (Å²) in [4.78, 5) is 18.2. The average Bonchev–Trinajstić information content (AvgIpc) is 2.59. The van der Waals surface area contributed by atoms with Gasteiger partial charge in [0.05, 0.1) is 4.88 Å². The highest BCUT2D eigenvalue weighted by atomic mass is 32.1. The third-order valence-corrected chi connectivity index (χ3v) is 3.71. The third kappa shape index (κ3) is 2.04. The molecule has 0 saturated carbocycles. The molecule has 0 fully saturated rings. The van der Waals surface area contributed by atoms with E-state index in [0.717, 1.165) is 10.6 Å². The maximum atomic E-state index is 12.1. The largest absolute Gasteiger partial charge is 0.288 e. The number of carbonyl (C=O) groups excluding carboxylic acids is 1. The van der Waals surface area contributed by atoms with E-state index in [0.29, 0.717) is 5.56 Å². The van der Waals surface area contributed by atoms with Gasteiger partial charge in [-0.05, 0) is 44.5 Å². The summed E-state index contributed by atoms with van der Waals surface area (Å²) in [6.07, 6.45) is 1.64. The Morgan fingerprint density at radius 2 is 2.00 bits per heavy atom. The summed E-state index contributed by atoms with van der Waals surface area (Å²) >= 11 is 1.54. The number of aryl methyl sites for hydroxylation is 3. The topological polar surface area (TPSA) is 30.0 Å². The minimum absolute atomic E-state index is 0.0636. The van der Waals surface area contributed by atoms with E-state index in [1.807, 2.05) is 39.0 Å². The Balaban J connectivity index is 2.35. The first-order valence-corrected chi connectivity index (χ1v) is 5.94. The zero-order valence-electron chi connectivity index (χ0n) is 9.57. The number of hydrogen-bond acceptors (Lipinski definition) is 3. The van der Waals surface area contributed by atoms with Crippen LogP contribution in [-0.4, -0.2) is 10.8 Å². The molecular formula is C13H13NOS. The summed E-state index contributed by atoms with van der Waals surface area (Å²) in [7, 11) is 0. The number of aromatic nitrogens is 1. The quantitative estimate of drug-likeness (QED) is 0.742. The SMILES string of the molecule is Cc1ccc(C(=O)c2cc(C)c(C)s2)cn1. The van der Waals surface area contributed by atoms with Gasteiger partial charge in [0.25, 0.3) is 0 Å². The van der Waals surface area contributed by atoms with Crippen molar-refractivity contribution in [2.45, 2.75) is 20.8 Å². The second kappa shape index (κ2) is 4.18. The van der Waals surface area contributed by atoms with Crippen LogP contribution in [0.5, 0.6) is 0 Å². The second-order valence-electron chi connectivity index (χ2n) is 3.87. The third-order valence-electron chi connectivity index (χ3n) is 2.56. The molecule has 3 heteroatoms. The minimum atomic E-state index is 0.0636. The maximum Gasteiger partial charge on any atom is 0.204 e. The smallest absolute Gasteiger partial charge is 0.204 e. The molecule has 0 bridgehead atoms. The molecule has 2 aromatic rings. The van der Waals surface area contributed by atoms with Gasteiger partial charge >= 0.3 is 0 Å².